The highest BCUT2D eigenvalue weighted by atomic mass is 19.3. The van der Waals surface area contributed by atoms with Gasteiger partial charge in [0.25, 0.3) is 0 Å². The second kappa shape index (κ2) is 8.50. The molecule has 2 unspecified atom stereocenters. The van der Waals surface area contributed by atoms with E-state index >= 15 is 0 Å². The molecule has 3 rings (SSSR count). The Labute approximate surface area is 163 Å². The fraction of sp³-hybridized carbons (Fsp3) is 0.300. The zero-order valence-electron chi connectivity index (χ0n) is 15.2. The van der Waals surface area contributed by atoms with E-state index in [2.05, 4.69) is 14.8 Å². The van der Waals surface area contributed by atoms with E-state index in [1.807, 2.05) is 0 Å². The van der Waals surface area contributed by atoms with Crippen molar-refractivity contribution >= 4 is 17.4 Å². The lowest BCUT2D eigenvalue weighted by atomic mass is 10.1. The van der Waals surface area contributed by atoms with Crippen LogP contribution in [0.5, 0.6) is 11.5 Å². The first kappa shape index (κ1) is 20.6. The van der Waals surface area contributed by atoms with E-state index in [9.17, 15) is 27.2 Å². The summed E-state index contributed by atoms with van der Waals surface area (Å²) >= 11 is 0. The molecular formula is C20H17F4NO4. The maximum atomic E-state index is 12.6. The van der Waals surface area contributed by atoms with Gasteiger partial charge in [0.05, 0.1) is 5.69 Å². The fourth-order valence-electron chi connectivity index (χ4n) is 3.11. The molecule has 1 aliphatic rings. The number of ether oxygens (including phenoxy) is 2. The summed E-state index contributed by atoms with van der Waals surface area (Å²) in [6.45, 7) is -5.02. The minimum Gasteiger partial charge on any atom is -0.431 e. The summed E-state index contributed by atoms with van der Waals surface area (Å²) in [7, 11) is 0. The number of carbonyl (C=O) groups is 2. The largest absolute Gasteiger partial charge is 0.431 e. The van der Waals surface area contributed by atoms with Crippen LogP contribution in [0.4, 0.5) is 23.2 Å². The number of carbonyl (C=O) groups excluding carboxylic acids is 2. The number of rotatable bonds is 8. The van der Waals surface area contributed by atoms with E-state index in [4.69, 9.17) is 0 Å². The average molecular weight is 411 g/mol. The second-order valence-corrected chi connectivity index (χ2v) is 6.50. The zero-order chi connectivity index (χ0) is 21.1. The van der Waals surface area contributed by atoms with Crippen LogP contribution in [0.2, 0.25) is 0 Å². The van der Waals surface area contributed by atoms with Crippen molar-refractivity contribution in [3.63, 3.8) is 0 Å². The molecule has 1 amide bonds. The van der Waals surface area contributed by atoms with E-state index in [0.29, 0.717) is 23.2 Å². The van der Waals surface area contributed by atoms with Crippen molar-refractivity contribution in [3.05, 3.63) is 53.6 Å². The molecule has 2 atom stereocenters. The number of alkyl halides is 4. The molecule has 1 aliphatic carbocycles. The Bertz CT molecular complexity index is 919. The molecule has 0 radical (unpaired) electrons. The van der Waals surface area contributed by atoms with Gasteiger partial charge in [-0.2, -0.15) is 17.6 Å². The Morgan fingerprint density at radius 1 is 1.00 bits per heavy atom. The molecule has 29 heavy (non-hydrogen) atoms. The van der Waals surface area contributed by atoms with Crippen LogP contribution in [-0.2, 0) is 4.79 Å². The maximum absolute atomic E-state index is 12.6. The SMILES string of the molecule is CC(=O)c1ccccc1NC(=O)C1CC1c1ccc(OC(F)F)c(OC(F)F)c1. The van der Waals surface area contributed by atoms with E-state index in [0.717, 1.165) is 6.07 Å². The third-order valence-electron chi connectivity index (χ3n) is 4.52. The number of nitrogens with one attached hydrogen (secondary N) is 1. The molecule has 1 saturated carbocycles. The monoisotopic (exact) mass is 411 g/mol. The molecule has 1 fully saturated rings. The van der Waals surface area contributed by atoms with E-state index in [1.165, 1.54) is 19.1 Å². The highest BCUT2D eigenvalue weighted by molar-refractivity contribution is 6.04. The first-order chi connectivity index (χ1) is 13.8. The lowest BCUT2D eigenvalue weighted by Crippen LogP contribution is -2.16. The molecule has 0 aromatic heterocycles. The molecule has 0 saturated heterocycles. The minimum absolute atomic E-state index is 0.198. The lowest BCUT2D eigenvalue weighted by molar-refractivity contribution is -0.117. The summed E-state index contributed by atoms with van der Waals surface area (Å²) in [4.78, 5) is 24.2. The number of amides is 1. The topological polar surface area (TPSA) is 64.6 Å². The van der Waals surface area contributed by atoms with Crippen LogP contribution in [0.15, 0.2) is 42.5 Å². The Kier molecular flexibility index (Phi) is 6.05. The van der Waals surface area contributed by atoms with Crippen LogP contribution in [0.25, 0.3) is 0 Å². The highest BCUT2D eigenvalue weighted by Crippen LogP contribution is 2.49. The first-order valence-electron chi connectivity index (χ1n) is 8.70. The predicted molar refractivity (Wildman–Crippen MR) is 95.6 cm³/mol. The standard InChI is InChI=1S/C20H17F4NO4/c1-10(26)12-4-2-3-5-15(12)25-18(27)14-9-13(14)11-6-7-16(28-19(21)22)17(8-11)29-20(23)24/h2-8,13-14,19-20H,9H2,1H3,(H,25,27). The molecule has 154 valence electrons. The van der Waals surface area contributed by atoms with Crippen LogP contribution in [0.3, 0.4) is 0 Å². The number of hydrogen-bond acceptors (Lipinski definition) is 4. The Hall–Kier alpha value is -3.10. The lowest BCUT2D eigenvalue weighted by Gasteiger charge is -2.13. The number of benzene rings is 2. The van der Waals surface area contributed by atoms with Crippen LogP contribution < -0.4 is 14.8 Å². The van der Waals surface area contributed by atoms with Gasteiger partial charge >= 0.3 is 13.2 Å². The molecule has 0 bridgehead atoms. The van der Waals surface area contributed by atoms with Gasteiger partial charge in [0.1, 0.15) is 0 Å². The summed E-state index contributed by atoms with van der Waals surface area (Å²) in [5.74, 6) is -2.30. The molecule has 5 nitrogen and oxygen atoms in total. The third-order valence-corrected chi connectivity index (χ3v) is 4.52. The normalized spacial score (nSPS) is 17.9. The van der Waals surface area contributed by atoms with Crippen molar-refractivity contribution in [2.24, 2.45) is 5.92 Å². The molecule has 0 aliphatic heterocycles. The molecule has 2 aromatic rings. The summed E-state index contributed by atoms with van der Waals surface area (Å²) in [6.07, 6.45) is 0.442. The van der Waals surface area contributed by atoms with Gasteiger partial charge < -0.3 is 14.8 Å². The van der Waals surface area contributed by atoms with E-state index < -0.39 is 30.6 Å². The number of Topliss-reactive ketones (excluding diaryl/α,β-unsaturated/α-hetero) is 1. The van der Waals surface area contributed by atoms with Gasteiger partial charge in [0.2, 0.25) is 5.91 Å². The van der Waals surface area contributed by atoms with Crippen LogP contribution in [0.1, 0.15) is 35.2 Å². The Morgan fingerprint density at radius 2 is 1.66 bits per heavy atom. The van der Waals surface area contributed by atoms with E-state index in [1.54, 1.807) is 24.3 Å². The molecule has 2 aromatic carbocycles. The maximum Gasteiger partial charge on any atom is 0.387 e. The van der Waals surface area contributed by atoms with Gasteiger partial charge in [-0.1, -0.05) is 18.2 Å². The van der Waals surface area contributed by atoms with Crippen molar-refractivity contribution in [2.75, 3.05) is 5.32 Å². The van der Waals surface area contributed by atoms with Gasteiger partial charge in [0, 0.05) is 11.5 Å². The summed E-state index contributed by atoms with van der Waals surface area (Å²) < 4.78 is 58.5. The quantitative estimate of drug-likeness (QED) is 0.499. The van der Waals surface area contributed by atoms with Crippen LogP contribution >= 0.6 is 0 Å². The first-order valence-corrected chi connectivity index (χ1v) is 8.70. The summed E-state index contributed by atoms with van der Waals surface area (Å²) in [6, 6.07) is 10.3. The third kappa shape index (κ3) is 5.04. The second-order valence-electron chi connectivity index (χ2n) is 6.50. The molecule has 9 heteroatoms. The van der Waals surface area contributed by atoms with Crippen molar-refractivity contribution in [1.82, 2.24) is 0 Å². The number of anilines is 1. The molecule has 0 heterocycles. The molecule has 1 N–H and O–H groups in total. The van der Waals surface area contributed by atoms with Gasteiger partial charge in [-0.25, -0.2) is 0 Å². The number of ketones is 1. The smallest absolute Gasteiger partial charge is 0.387 e. The van der Waals surface area contributed by atoms with Crippen molar-refractivity contribution < 1.29 is 36.6 Å². The fourth-order valence-corrected chi connectivity index (χ4v) is 3.11. The van der Waals surface area contributed by atoms with E-state index in [-0.39, 0.29) is 17.6 Å². The number of halogens is 4. The minimum atomic E-state index is -3.22. The average Bonchev–Trinajstić information content (AvgIpc) is 3.43. The van der Waals surface area contributed by atoms with Crippen LogP contribution in [-0.4, -0.2) is 24.9 Å². The molecular weight excluding hydrogens is 394 g/mol. The summed E-state index contributed by atoms with van der Waals surface area (Å²) in [5, 5.41) is 2.70. The van der Waals surface area contributed by atoms with Gasteiger partial charge in [-0.05, 0) is 49.1 Å². The molecule has 0 spiro atoms. The van der Waals surface area contributed by atoms with Gasteiger partial charge in [-0.15, -0.1) is 0 Å². The highest BCUT2D eigenvalue weighted by Gasteiger charge is 2.44. The Morgan fingerprint density at radius 3 is 2.31 bits per heavy atom. The van der Waals surface area contributed by atoms with Gasteiger partial charge in [-0.3, -0.25) is 9.59 Å². The van der Waals surface area contributed by atoms with Crippen LogP contribution in [0, 0.1) is 5.92 Å². The Balaban J connectivity index is 1.73. The van der Waals surface area contributed by atoms with Crippen molar-refractivity contribution in [3.8, 4) is 11.5 Å². The van der Waals surface area contributed by atoms with Crippen molar-refractivity contribution in [2.45, 2.75) is 32.5 Å². The van der Waals surface area contributed by atoms with Crippen molar-refractivity contribution in [1.29, 1.82) is 0 Å². The number of hydrogen-bond donors (Lipinski definition) is 1. The predicted octanol–water partition coefficient (Wildman–Crippen LogP) is 4.83. The van der Waals surface area contributed by atoms with Gasteiger partial charge in [0.15, 0.2) is 17.3 Å². The summed E-state index contributed by atoms with van der Waals surface area (Å²) in [5.41, 5.74) is 1.25. The zero-order valence-corrected chi connectivity index (χ0v) is 15.2. The number of para-hydroxylation sites is 1.